The Balaban J connectivity index is 3.21. The Labute approximate surface area is 116 Å². The van der Waals surface area contributed by atoms with Crippen LogP contribution >= 0.6 is 0 Å². The maximum Gasteiger partial charge on any atom is 0.332 e. The molecule has 0 spiro atoms. The van der Waals surface area contributed by atoms with E-state index >= 15 is 0 Å². The lowest BCUT2D eigenvalue weighted by molar-refractivity contribution is -0.160. The fourth-order valence-corrected chi connectivity index (χ4v) is 1.21. The minimum Gasteiger partial charge on any atom is -0.458 e. The van der Waals surface area contributed by atoms with Crippen molar-refractivity contribution in [3.05, 3.63) is 0 Å². The van der Waals surface area contributed by atoms with Crippen LogP contribution in [-0.4, -0.2) is 51.2 Å². The molecular weight excluding hydrogens is 248 g/mol. The van der Waals surface area contributed by atoms with E-state index in [-0.39, 0.29) is 12.6 Å². The summed E-state index contributed by atoms with van der Waals surface area (Å²) >= 11 is 0. The first-order valence-corrected chi connectivity index (χ1v) is 6.91. The molecule has 0 amide bonds. The van der Waals surface area contributed by atoms with Gasteiger partial charge in [0.15, 0.2) is 0 Å². The van der Waals surface area contributed by atoms with E-state index in [0.717, 1.165) is 19.4 Å². The smallest absolute Gasteiger partial charge is 0.332 e. The van der Waals surface area contributed by atoms with Gasteiger partial charge in [-0.1, -0.05) is 13.3 Å². The largest absolute Gasteiger partial charge is 0.458 e. The van der Waals surface area contributed by atoms with Crippen LogP contribution < -0.4 is 0 Å². The minimum absolute atomic E-state index is 0.0341. The van der Waals surface area contributed by atoms with E-state index in [4.69, 9.17) is 18.9 Å². The first kappa shape index (κ1) is 18.4. The zero-order valence-corrected chi connectivity index (χ0v) is 12.7. The molecule has 0 saturated heterocycles. The van der Waals surface area contributed by atoms with Crippen LogP contribution in [0.2, 0.25) is 0 Å². The second-order valence-electron chi connectivity index (χ2n) is 5.22. The van der Waals surface area contributed by atoms with Crippen molar-refractivity contribution >= 4 is 5.97 Å². The molecule has 0 saturated carbocycles. The Morgan fingerprint density at radius 3 is 1.95 bits per heavy atom. The summed E-state index contributed by atoms with van der Waals surface area (Å²) in [6.07, 6.45) is 2.22. The van der Waals surface area contributed by atoms with E-state index in [1.54, 1.807) is 0 Å². The fraction of sp³-hybridized carbons (Fsp3) is 0.929. The van der Waals surface area contributed by atoms with E-state index in [1.165, 1.54) is 0 Å². The number of ether oxygens (including phenoxy) is 4. The molecule has 0 aromatic rings. The van der Waals surface area contributed by atoms with Crippen LogP contribution in [0.1, 0.15) is 40.5 Å². The lowest BCUT2D eigenvalue weighted by Crippen LogP contribution is -2.27. The average molecular weight is 276 g/mol. The van der Waals surface area contributed by atoms with Crippen LogP contribution in [0.3, 0.4) is 0 Å². The molecule has 0 rings (SSSR count). The zero-order chi connectivity index (χ0) is 14.6. The third kappa shape index (κ3) is 15.3. The van der Waals surface area contributed by atoms with Gasteiger partial charge in [0.05, 0.1) is 26.4 Å². The van der Waals surface area contributed by atoms with E-state index in [0.29, 0.717) is 26.4 Å². The van der Waals surface area contributed by atoms with Crippen LogP contribution in [0.15, 0.2) is 0 Å². The van der Waals surface area contributed by atoms with Crippen LogP contribution in [0.4, 0.5) is 0 Å². The Bertz CT molecular complexity index is 222. The summed E-state index contributed by atoms with van der Waals surface area (Å²) in [7, 11) is 0. The Morgan fingerprint density at radius 1 is 0.895 bits per heavy atom. The summed E-state index contributed by atoms with van der Waals surface area (Å²) in [5.41, 5.74) is -0.466. The van der Waals surface area contributed by atoms with Gasteiger partial charge < -0.3 is 18.9 Å². The lowest BCUT2D eigenvalue weighted by Gasteiger charge is -2.19. The molecule has 0 aromatic heterocycles. The molecule has 0 aliphatic heterocycles. The van der Waals surface area contributed by atoms with Crippen molar-refractivity contribution in [1.82, 2.24) is 0 Å². The third-order valence-electron chi connectivity index (χ3n) is 2.03. The number of hydrogen-bond donors (Lipinski definition) is 0. The molecule has 0 aromatic carbocycles. The maximum atomic E-state index is 11.3. The van der Waals surface area contributed by atoms with Gasteiger partial charge in [-0.05, 0) is 27.2 Å². The summed E-state index contributed by atoms with van der Waals surface area (Å²) in [6, 6.07) is 0. The minimum atomic E-state index is -0.466. The topological polar surface area (TPSA) is 54.0 Å². The van der Waals surface area contributed by atoms with E-state index in [2.05, 4.69) is 6.92 Å². The fourth-order valence-electron chi connectivity index (χ4n) is 1.21. The summed E-state index contributed by atoms with van der Waals surface area (Å²) in [6.45, 7) is 10.4. The molecule has 0 unspecified atom stereocenters. The number of esters is 1. The number of carbonyl (C=O) groups is 1. The van der Waals surface area contributed by atoms with E-state index < -0.39 is 5.60 Å². The molecule has 0 bridgehead atoms. The second-order valence-corrected chi connectivity index (χ2v) is 5.22. The highest BCUT2D eigenvalue weighted by atomic mass is 16.6. The molecule has 0 radical (unpaired) electrons. The van der Waals surface area contributed by atoms with Crippen molar-refractivity contribution in [3.63, 3.8) is 0 Å². The van der Waals surface area contributed by atoms with Gasteiger partial charge in [0, 0.05) is 6.61 Å². The second kappa shape index (κ2) is 11.2. The van der Waals surface area contributed by atoms with Crippen molar-refractivity contribution < 1.29 is 23.7 Å². The van der Waals surface area contributed by atoms with Crippen molar-refractivity contribution in [2.24, 2.45) is 0 Å². The summed E-state index contributed by atoms with van der Waals surface area (Å²) in [5, 5.41) is 0. The first-order chi connectivity index (χ1) is 8.95. The maximum absolute atomic E-state index is 11.3. The molecule has 114 valence electrons. The normalized spacial score (nSPS) is 11.6. The predicted molar refractivity (Wildman–Crippen MR) is 73.2 cm³/mol. The standard InChI is InChI=1S/C14H28O5/c1-5-6-7-16-8-9-17-10-11-18-12-13(15)19-14(2,3)4/h5-12H2,1-4H3. The van der Waals surface area contributed by atoms with Gasteiger partial charge in [-0.25, -0.2) is 4.79 Å². The molecule has 0 atom stereocenters. The van der Waals surface area contributed by atoms with Crippen LogP contribution in [0, 0.1) is 0 Å². The van der Waals surface area contributed by atoms with E-state index in [9.17, 15) is 4.79 Å². The quantitative estimate of drug-likeness (QED) is 0.427. The first-order valence-electron chi connectivity index (χ1n) is 6.91. The highest BCUT2D eigenvalue weighted by Gasteiger charge is 2.15. The molecule has 0 fully saturated rings. The van der Waals surface area contributed by atoms with E-state index in [1.807, 2.05) is 20.8 Å². The molecule has 0 aliphatic carbocycles. The van der Waals surface area contributed by atoms with Crippen LogP contribution in [0.5, 0.6) is 0 Å². The SMILES string of the molecule is CCCCOCCOCCOCC(=O)OC(C)(C)C. The molecular formula is C14H28O5. The Morgan fingerprint density at radius 2 is 1.42 bits per heavy atom. The van der Waals surface area contributed by atoms with Gasteiger partial charge in [-0.3, -0.25) is 0 Å². The van der Waals surface area contributed by atoms with Gasteiger partial charge >= 0.3 is 5.97 Å². The summed E-state index contributed by atoms with van der Waals surface area (Å²) < 4.78 is 20.9. The molecule has 0 heterocycles. The van der Waals surface area contributed by atoms with Gasteiger partial charge in [0.1, 0.15) is 12.2 Å². The molecule has 0 aliphatic rings. The number of rotatable bonds is 11. The molecule has 19 heavy (non-hydrogen) atoms. The van der Waals surface area contributed by atoms with Crippen LogP contribution in [0.25, 0.3) is 0 Å². The Kier molecular flexibility index (Phi) is 10.8. The van der Waals surface area contributed by atoms with Crippen LogP contribution in [-0.2, 0) is 23.7 Å². The summed E-state index contributed by atoms with van der Waals surface area (Å²) in [4.78, 5) is 11.3. The summed E-state index contributed by atoms with van der Waals surface area (Å²) in [5.74, 6) is -0.351. The number of hydrogen-bond acceptors (Lipinski definition) is 5. The molecule has 0 N–H and O–H groups in total. The average Bonchev–Trinajstić information content (AvgIpc) is 2.29. The van der Waals surface area contributed by atoms with Gasteiger partial charge in [-0.2, -0.15) is 0 Å². The van der Waals surface area contributed by atoms with Gasteiger partial charge in [0.2, 0.25) is 0 Å². The highest BCUT2D eigenvalue weighted by molar-refractivity contribution is 5.71. The molecule has 5 nitrogen and oxygen atoms in total. The predicted octanol–water partition coefficient (Wildman–Crippen LogP) is 2.18. The lowest BCUT2D eigenvalue weighted by atomic mass is 10.2. The number of carbonyl (C=O) groups excluding carboxylic acids is 1. The van der Waals surface area contributed by atoms with Crippen molar-refractivity contribution in [3.8, 4) is 0 Å². The van der Waals surface area contributed by atoms with Gasteiger partial charge in [0.25, 0.3) is 0 Å². The third-order valence-corrected chi connectivity index (χ3v) is 2.03. The molecule has 5 heteroatoms. The van der Waals surface area contributed by atoms with Crippen molar-refractivity contribution in [1.29, 1.82) is 0 Å². The number of unbranched alkanes of at least 4 members (excludes halogenated alkanes) is 1. The van der Waals surface area contributed by atoms with Crippen molar-refractivity contribution in [2.75, 3.05) is 39.6 Å². The van der Waals surface area contributed by atoms with Gasteiger partial charge in [-0.15, -0.1) is 0 Å². The monoisotopic (exact) mass is 276 g/mol. The zero-order valence-electron chi connectivity index (χ0n) is 12.7. The Hall–Kier alpha value is -0.650. The highest BCUT2D eigenvalue weighted by Crippen LogP contribution is 2.06. The van der Waals surface area contributed by atoms with Crippen molar-refractivity contribution in [2.45, 2.75) is 46.1 Å².